The van der Waals surface area contributed by atoms with Crippen molar-refractivity contribution in [3.05, 3.63) is 45.0 Å². The van der Waals surface area contributed by atoms with Crippen LogP contribution in [0.3, 0.4) is 0 Å². The van der Waals surface area contributed by atoms with Crippen LogP contribution in [0, 0.1) is 10.1 Å². The Labute approximate surface area is 123 Å². The van der Waals surface area contributed by atoms with Gasteiger partial charge in [0.25, 0.3) is 5.69 Å². The first-order valence-electron chi connectivity index (χ1n) is 5.79. The number of nitro benzene ring substituents is 1. The Bertz CT molecular complexity index is 738. The number of ether oxygens (including phenoxy) is 1. The predicted molar refractivity (Wildman–Crippen MR) is 75.5 cm³/mol. The number of ketones is 1. The van der Waals surface area contributed by atoms with Crippen molar-refractivity contribution in [2.24, 2.45) is 0 Å². The first kappa shape index (κ1) is 14.8. The van der Waals surface area contributed by atoms with Crippen LogP contribution in [0.25, 0.3) is 10.6 Å². The lowest BCUT2D eigenvalue weighted by Crippen LogP contribution is -2.06. The van der Waals surface area contributed by atoms with E-state index in [0.717, 1.165) is 11.3 Å². The van der Waals surface area contributed by atoms with Gasteiger partial charge in [-0.2, -0.15) is 0 Å². The molecule has 0 radical (unpaired) electrons. The van der Waals surface area contributed by atoms with Gasteiger partial charge in [0.05, 0.1) is 12.0 Å². The molecule has 108 valence electrons. The molecular formula is C13H10N2O5S. The average Bonchev–Trinajstić information content (AvgIpc) is 2.92. The van der Waals surface area contributed by atoms with Gasteiger partial charge in [0.1, 0.15) is 9.88 Å². The molecule has 2 aromatic rings. The molecule has 1 aromatic carbocycles. The Morgan fingerprint density at radius 1 is 1.38 bits per heavy atom. The topological polar surface area (TPSA) is 99.4 Å². The lowest BCUT2D eigenvalue weighted by Gasteiger charge is -1.96. The summed E-state index contributed by atoms with van der Waals surface area (Å²) >= 11 is 1.00. The molecule has 0 N–H and O–H groups in total. The van der Waals surface area contributed by atoms with Gasteiger partial charge < -0.3 is 4.74 Å². The van der Waals surface area contributed by atoms with Crippen LogP contribution in [0.2, 0.25) is 0 Å². The predicted octanol–water partition coefficient (Wildman–Crippen LogP) is 2.71. The summed E-state index contributed by atoms with van der Waals surface area (Å²) in [4.78, 5) is 37.7. The Balaban J connectivity index is 2.55. The summed E-state index contributed by atoms with van der Waals surface area (Å²) in [5.41, 5.74) is 0.301. The summed E-state index contributed by atoms with van der Waals surface area (Å²) in [6, 6.07) is 5.82. The van der Waals surface area contributed by atoms with Gasteiger partial charge in [-0.25, -0.2) is 9.78 Å². The van der Waals surface area contributed by atoms with E-state index in [1.54, 1.807) is 6.07 Å². The molecule has 21 heavy (non-hydrogen) atoms. The number of nitro groups is 1. The number of methoxy groups -OCH3 is 1. The highest BCUT2D eigenvalue weighted by Gasteiger charge is 2.22. The van der Waals surface area contributed by atoms with Crippen LogP contribution in [0.1, 0.15) is 27.1 Å². The van der Waals surface area contributed by atoms with E-state index in [1.165, 1.54) is 32.2 Å². The maximum atomic E-state index is 11.6. The second-order valence-electron chi connectivity index (χ2n) is 4.05. The molecule has 1 heterocycles. The molecule has 0 fully saturated rings. The number of thiazole rings is 1. The fourth-order valence-electron chi connectivity index (χ4n) is 1.67. The van der Waals surface area contributed by atoms with Gasteiger partial charge in [-0.15, -0.1) is 11.3 Å². The van der Waals surface area contributed by atoms with Crippen molar-refractivity contribution in [1.82, 2.24) is 4.98 Å². The van der Waals surface area contributed by atoms with Crippen LogP contribution in [-0.2, 0) is 4.74 Å². The van der Waals surface area contributed by atoms with Gasteiger partial charge in [0.15, 0.2) is 11.5 Å². The minimum Gasteiger partial charge on any atom is -0.464 e. The molecule has 2 rings (SSSR count). The van der Waals surface area contributed by atoms with E-state index in [2.05, 4.69) is 9.72 Å². The van der Waals surface area contributed by atoms with Gasteiger partial charge in [-0.3, -0.25) is 14.9 Å². The highest BCUT2D eigenvalue weighted by atomic mass is 32.1. The summed E-state index contributed by atoms with van der Waals surface area (Å²) in [7, 11) is 1.19. The number of benzene rings is 1. The summed E-state index contributed by atoms with van der Waals surface area (Å²) in [5, 5.41) is 11.1. The third kappa shape index (κ3) is 2.95. The fourth-order valence-corrected chi connectivity index (χ4v) is 2.61. The number of aromatic nitrogens is 1. The zero-order valence-electron chi connectivity index (χ0n) is 11.2. The number of carbonyl (C=O) groups is 2. The minimum absolute atomic E-state index is 0.0727. The van der Waals surface area contributed by atoms with Gasteiger partial charge >= 0.3 is 5.97 Å². The van der Waals surface area contributed by atoms with Crippen LogP contribution in [0.4, 0.5) is 5.69 Å². The number of nitrogens with zero attached hydrogens (tertiary/aromatic N) is 2. The lowest BCUT2D eigenvalue weighted by atomic mass is 10.2. The third-order valence-corrected chi connectivity index (χ3v) is 3.83. The number of hydrogen-bond donors (Lipinski definition) is 0. The maximum Gasteiger partial charge on any atom is 0.358 e. The molecule has 0 aliphatic heterocycles. The molecule has 0 saturated heterocycles. The fraction of sp³-hybridized carbons (Fsp3) is 0.154. The van der Waals surface area contributed by atoms with E-state index in [9.17, 15) is 19.7 Å². The summed E-state index contributed by atoms with van der Waals surface area (Å²) < 4.78 is 4.58. The van der Waals surface area contributed by atoms with Crippen molar-refractivity contribution < 1.29 is 19.2 Å². The first-order chi connectivity index (χ1) is 9.93. The SMILES string of the molecule is COC(=O)c1nc(-c2cccc([N+](=O)[O-])c2)sc1C(C)=O. The second kappa shape index (κ2) is 5.80. The molecule has 0 bridgehead atoms. The van der Waals surface area contributed by atoms with Crippen molar-refractivity contribution >= 4 is 28.8 Å². The Morgan fingerprint density at radius 2 is 2.10 bits per heavy atom. The monoisotopic (exact) mass is 306 g/mol. The van der Waals surface area contributed by atoms with Crippen LogP contribution in [0.15, 0.2) is 24.3 Å². The first-order valence-corrected chi connectivity index (χ1v) is 6.60. The number of hydrogen-bond acceptors (Lipinski definition) is 7. The molecule has 0 aliphatic carbocycles. The normalized spacial score (nSPS) is 10.2. The van der Waals surface area contributed by atoms with Crippen LogP contribution in [-0.4, -0.2) is 28.8 Å². The minimum atomic E-state index is -0.715. The van der Waals surface area contributed by atoms with Crippen LogP contribution >= 0.6 is 11.3 Å². The van der Waals surface area contributed by atoms with Gasteiger partial charge in [0, 0.05) is 24.6 Å². The standard InChI is InChI=1S/C13H10N2O5S/c1-7(16)11-10(13(17)20-2)14-12(21-11)8-4-3-5-9(6-8)15(18)19/h3-6H,1-2H3. The van der Waals surface area contributed by atoms with Crippen molar-refractivity contribution in [3.8, 4) is 10.6 Å². The highest BCUT2D eigenvalue weighted by Crippen LogP contribution is 2.30. The van der Waals surface area contributed by atoms with Gasteiger partial charge in [-0.05, 0) is 0 Å². The largest absolute Gasteiger partial charge is 0.464 e. The van der Waals surface area contributed by atoms with Crippen molar-refractivity contribution in [2.75, 3.05) is 7.11 Å². The quantitative estimate of drug-likeness (QED) is 0.372. The Morgan fingerprint density at radius 3 is 2.67 bits per heavy atom. The van der Waals surface area contributed by atoms with E-state index in [1.807, 2.05) is 0 Å². The molecule has 0 saturated carbocycles. The van der Waals surface area contributed by atoms with Crippen molar-refractivity contribution in [2.45, 2.75) is 6.92 Å². The molecule has 0 aliphatic rings. The summed E-state index contributed by atoms with van der Waals surface area (Å²) in [5.74, 6) is -1.03. The smallest absolute Gasteiger partial charge is 0.358 e. The zero-order valence-corrected chi connectivity index (χ0v) is 12.0. The van der Waals surface area contributed by atoms with Crippen molar-refractivity contribution in [3.63, 3.8) is 0 Å². The summed E-state index contributed by atoms with van der Waals surface area (Å²) in [6.07, 6.45) is 0. The number of rotatable bonds is 4. The highest BCUT2D eigenvalue weighted by molar-refractivity contribution is 7.17. The third-order valence-electron chi connectivity index (χ3n) is 2.63. The van der Waals surface area contributed by atoms with E-state index in [-0.39, 0.29) is 22.0 Å². The molecule has 0 unspecified atom stereocenters. The molecule has 8 heteroatoms. The van der Waals surface area contributed by atoms with E-state index >= 15 is 0 Å². The molecule has 0 amide bonds. The number of carbonyl (C=O) groups excluding carboxylic acids is 2. The maximum absolute atomic E-state index is 11.6. The van der Waals surface area contributed by atoms with Crippen LogP contribution < -0.4 is 0 Å². The van der Waals surface area contributed by atoms with E-state index < -0.39 is 10.9 Å². The van der Waals surface area contributed by atoms with Gasteiger partial charge in [0.2, 0.25) is 0 Å². The Hall–Kier alpha value is -2.61. The van der Waals surface area contributed by atoms with Crippen LogP contribution in [0.5, 0.6) is 0 Å². The number of Topliss-reactive ketones (excluding diaryl/α,β-unsaturated/α-hetero) is 1. The number of non-ortho nitro benzene ring substituents is 1. The van der Waals surface area contributed by atoms with Crippen molar-refractivity contribution in [1.29, 1.82) is 0 Å². The average molecular weight is 306 g/mol. The molecule has 0 spiro atoms. The molecule has 1 aromatic heterocycles. The zero-order chi connectivity index (χ0) is 15.6. The van der Waals surface area contributed by atoms with Gasteiger partial charge in [-0.1, -0.05) is 12.1 Å². The number of esters is 1. The molecular weight excluding hydrogens is 296 g/mol. The van der Waals surface area contributed by atoms with E-state index in [4.69, 9.17) is 0 Å². The second-order valence-corrected chi connectivity index (χ2v) is 5.05. The van der Waals surface area contributed by atoms with E-state index in [0.29, 0.717) is 10.6 Å². The molecule has 0 atom stereocenters. The lowest BCUT2D eigenvalue weighted by molar-refractivity contribution is -0.384. The summed E-state index contributed by atoms with van der Waals surface area (Å²) in [6.45, 7) is 1.32. The molecule has 7 nitrogen and oxygen atoms in total. The Kier molecular flexibility index (Phi) is 4.08.